The van der Waals surface area contributed by atoms with Crippen LogP contribution in [0.4, 0.5) is 4.39 Å². The predicted molar refractivity (Wildman–Crippen MR) is 79.4 cm³/mol. The van der Waals surface area contributed by atoms with Gasteiger partial charge in [0.25, 0.3) is 0 Å². The average molecular weight is 282 g/mol. The lowest BCUT2D eigenvalue weighted by Gasteiger charge is -2.11. The van der Waals surface area contributed by atoms with Crippen LogP contribution in [0, 0.1) is 5.82 Å². The van der Waals surface area contributed by atoms with Crippen molar-refractivity contribution < 1.29 is 9.18 Å². The average Bonchev–Trinajstić information content (AvgIpc) is 2.98. The zero-order valence-corrected chi connectivity index (χ0v) is 11.5. The van der Waals surface area contributed by atoms with E-state index in [4.69, 9.17) is 0 Å². The molecule has 0 bridgehead atoms. The first-order valence-corrected chi connectivity index (χ1v) is 6.91. The number of nitrogens with zero attached hydrogens (tertiary/aromatic N) is 2. The zero-order chi connectivity index (χ0) is 14.7. The number of carbonyl (C=O) groups is 1. The molecule has 0 radical (unpaired) electrons. The minimum absolute atomic E-state index is 0.0625. The van der Waals surface area contributed by atoms with Crippen LogP contribution in [0.1, 0.15) is 17.5 Å². The van der Waals surface area contributed by atoms with E-state index in [1.54, 1.807) is 18.2 Å². The first-order valence-electron chi connectivity index (χ1n) is 6.91. The van der Waals surface area contributed by atoms with Crippen molar-refractivity contribution in [2.45, 2.75) is 12.8 Å². The summed E-state index contributed by atoms with van der Waals surface area (Å²) in [4.78, 5) is 12.2. The van der Waals surface area contributed by atoms with Gasteiger partial charge in [0.1, 0.15) is 5.82 Å². The normalized spacial score (nSPS) is 14.1. The lowest BCUT2D eigenvalue weighted by Crippen LogP contribution is -2.25. The summed E-state index contributed by atoms with van der Waals surface area (Å²) in [6, 6.07) is 16.1. The quantitative estimate of drug-likeness (QED) is 0.851. The molecule has 3 rings (SSSR count). The molecular weight excluding hydrogens is 267 g/mol. The molecule has 1 aliphatic heterocycles. The first-order chi connectivity index (χ1) is 10.2. The van der Waals surface area contributed by atoms with E-state index in [-0.39, 0.29) is 11.7 Å². The van der Waals surface area contributed by atoms with Crippen molar-refractivity contribution in [1.29, 1.82) is 0 Å². The maximum atomic E-state index is 13.7. The fourth-order valence-electron chi connectivity index (χ4n) is 2.38. The third-order valence-electron chi connectivity index (χ3n) is 3.47. The van der Waals surface area contributed by atoms with Crippen LogP contribution >= 0.6 is 0 Å². The van der Waals surface area contributed by atoms with Crippen LogP contribution < -0.4 is 0 Å². The van der Waals surface area contributed by atoms with Gasteiger partial charge in [-0.05, 0) is 11.6 Å². The number of hydrogen-bond acceptors (Lipinski definition) is 2. The molecule has 106 valence electrons. The van der Waals surface area contributed by atoms with Gasteiger partial charge in [0, 0.05) is 12.0 Å². The number of hydrogen-bond donors (Lipinski definition) is 0. The standard InChI is InChI=1S/C17H15FN2O/c18-15-9-5-4-8-14(15)16-10-11-20(19-16)17(21)12-13-6-2-1-3-7-13/h1-9H,10-12H2. The highest BCUT2D eigenvalue weighted by atomic mass is 19.1. The van der Waals surface area contributed by atoms with E-state index in [1.807, 2.05) is 30.3 Å². The van der Waals surface area contributed by atoms with Gasteiger partial charge >= 0.3 is 0 Å². The molecule has 0 unspecified atom stereocenters. The van der Waals surface area contributed by atoms with E-state index in [0.29, 0.717) is 30.7 Å². The Morgan fingerprint density at radius 3 is 2.57 bits per heavy atom. The Labute approximate surface area is 122 Å². The van der Waals surface area contributed by atoms with E-state index in [0.717, 1.165) is 5.56 Å². The number of amides is 1. The SMILES string of the molecule is O=C(Cc1ccccc1)N1CCC(c2ccccc2F)=N1. The molecule has 0 saturated carbocycles. The summed E-state index contributed by atoms with van der Waals surface area (Å²) >= 11 is 0. The van der Waals surface area contributed by atoms with Gasteiger partial charge in [-0.15, -0.1) is 0 Å². The molecule has 0 spiro atoms. The minimum Gasteiger partial charge on any atom is -0.273 e. The fraction of sp³-hybridized carbons (Fsp3) is 0.176. The maximum absolute atomic E-state index is 13.7. The number of rotatable bonds is 3. The first kappa shape index (κ1) is 13.5. The van der Waals surface area contributed by atoms with E-state index in [1.165, 1.54) is 11.1 Å². The van der Waals surface area contributed by atoms with Crippen molar-refractivity contribution in [2.75, 3.05) is 6.54 Å². The van der Waals surface area contributed by atoms with Crippen LogP contribution in [0.25, 0.3) is 0 Å². The summed E-state index contributed by atoms with van der Waals surface area (Å²) in [5, 5.41) is 5.71. The molecule has 0 saturated heterocycles. The predicted octanol–water partition coefficient (Wildman–Crippen LogP) is 3.00. The van der Waals surface area contributed by atoms with Crippen LogP contribution in [0.5, 0.6) is 0 Å². The Bertz CT molecular complexity index is 682. The Hall–Kier alpha value is -2.49. The molecule has 1 aliphatic rings. The van der Waals surface area contributed by atoms with Crippen LogP contribution in [-0.4, -0.2) is 23.2 Å². The maximum Gasteiger partial charge on any atom is 0.247 e. The smallest absolute Gasteiger partial charge is 0.247 e. The van der Waals surface area contributed by atoms with Crippen LogP contribution in [0.3, 0.4) is 0 Å². The van der Waals surface area contributed by atoms with Crippen molar-refractivity contribution in [1.82, 2.24) is 5.01 Å². The second-order valence-corrected chi connectivity index (χ2v) is 4.96. The molecule has 0 N–H and O–H groups in total. The molecule has 1 amide bonds. The van der Waals surface area contributed by atoms with Gasteiger partial charge in [0.05, 0.1) is 18.7 Å². The van der Waals surface area contributed by atoms with Crippen LogP contribution in [0.2, 0.25) is 0 Å². The summed E-state index contributed by atoms with van der Waals surface area (Å²) in [6.45, 7) is 0.509. The van der Waals surface area contributed by atoms with Crippen molar-refractivity contribution in [3.05, 3.63) is 71.5 Å². The summed E-state index contributed by atoms with van der Waals surface area (Å²) < 4.78 is 13.7. The Kier molecular flexibility index (Phi) is 3.77. The number of hydrazone groups is 1. The third kappa shape index (κ3) is 2.99. The van der Waals surface area contributed by atoms with E-state index < -0.39 is 0 Å². The van der Waals surface area contributed by atoms with E-state index in [2.05, 4.69) is 5.10 Å². The van der Waals surface area contributed by atoms with Gasteiger partial charge in [-0.1, -0.05) is 48.5 Å². The molecule has 1 heterocycles. The summed E-state index contributed by atoms with van der Waals surface area (Å²) in [7, 11) is 0. The number of benzene rings is 2. The highest BCUT2D eigenvalue weighted by molar-refractivity contribution is 6.02. The van der Waals surface area contributed by atoms with Gasteiger partial charge < -0.3 is 0 Å². The third-order valence-corrected chi connectivity index (χ3v) is 3.47. The lowest BCUT2D eigenvalue weighted by atomic mass is 10.1. The molecular formula is C17H15FN2O. The molecule has 0 aliphatic carbocycles. The van der Waals surface area contributed by atoms with Crippen molar-refractivity contribution in [2.24, 2.45) is 5.10 Å². The molecule has 21 heavy (non-hydrogen) atoms. The molecule has 2 aromatic rings. The van der Waals surface area contributed by atoms with Crippen molar-refractivity contribution in [3.63, 3.8) is 0 Å². The Morgan fingerprint density at radius 1 is 1.10 bits per heavy atom. The Balaban J connectivity index is 1.74. The van der Waals surface area contributed by atoms with Crippen molar-refractivity contribution in [3.8, 4) is 0 Å². The second kappa shape index (κ2) is 5.87. The van der Waals surface area contributed by atoms with Crippen molar-refractivity contribution >= 4 is 11.6 Å². The van der Waals surface area contributed by atoms with Gasteiger partial charge in [-0.25, -0.2) is 9.40 Å². The molecule has 4 heteroatoms. The molecule has 0 fully saturated rings. The Morgan fingerprint density at radius 2 is 1.81 bits per heavy atom. The summed E-state index contributed by atoms with van der Waals surface area (Å²) in [6.07, 6.45) is 0.899. The second-order valence-electron chi connectivity index (χ2n) is 4.96. The number of carbonyl (C=O) groups excluding carboxylic acids is 1. The highest BCUT2D eigenvalue weighted by Crippen LogP contribution is 2.17. The van der Waals surface area contributed by atoms with Gasteiger partial charge in [-0.2, -0.15) is 5.10 Å². The van der Waals surface area contributed by atoms with Crippen LogP contribution in [0.15, 0.2) is 59.7 Å². The lowest BCUT2D eigenvalue weighted by molar-refractivity contribution is -0.130. The molecule has 0 aromatic heterocycles. The monoisotopic (exact) mass is 282 g/mol. The van der Waals surface area contributed by atoms with Gasteiger partial charge in [0.15, 0.2) is 0 Å². The highest BCUT2D eigenvalue weighted by Gasteiger charge is 2.22. The fourth-order valence-corrected chi connectivity index (χ4v) is 2.38. The van der Waals surface area contributed by atoms with E-state index >= 15 is 0 Å². The van der Waals surface area contributed by atoms with E-state index in [9.17, 15) is 9.18 Å². The summed E-state index contributed by atoms with van der Waals surface area (Å²) in [5.74, 6) is -0.360. The topological polar surface area (TPSA) is 32.7 Å². The summed E-state index contributed by atoms with van der Waals surface area (Å²) in [5.41, 5.74) is 2.07. The molecule has 3 nitrogen and oxygen atoms in total. The van der Waals surface area contributed by atoms with Gasteiger partial charge in [0.2, 0.25) is 5.91 Å². The number of halogens is 1. The van der Waals surface area contributed by atoms with Crippen LogP contribution in [-0.2, 0) is 11.2 Å². The largest absolute Gasteiger partial charge is 0.273 e. The minimum atomic E-state index is -0.298. The zero-order valence-electron chi connectivity index (χ0n) is 11.5. The van der Waals surface area contributed by atoms with Gasteiger partial charge in [-0.3, -0.25) is 4.79 Å². The molecule has 2 aromatic carbocycles. The molecule has 0 atom stereocenters.